The summed E-state index contributed by atoms with van der Waals surface area (Å²) in [7, 11) is -3.23. The molecule has 2 rings (SSSR count). The highest BCUT2D eigenvalue weighted by Crippen LogP contribution is 2.19. The van der Waals surface area contributed by atoms with Crippen LogP contribution in [0.15, 0.2) is 35.7 Å². The van der Waals surface area contributed by atoms with Crippen LogP contribution >= 0.6 is 0 Å². The van der Waals surface area contributed by atoms with Crippen LogP contribution in [0.3, 0.4) is 0 Å². The van der Waals surface area contributed by atoms with Crippen molar-refractivity contribution in [1.82, 2.24) is 0 Å². The summed E-state index contributed by atoms with van der Waals surface area (Å²) < 4.78 is 27.3. The van der Waals surface area contributed by atoms with E-state index in [1.807, 2.05) is 0 Å². The summed E-state index contributed by atoms with van der Waals surface area (Å²) in [5.74, 6) is -1.98. The molecule has 1 atom stereocenters. The Morgan fingerprint density at radius 2 is 1.96 bits per heavy atom. The fourth-order valence-electron chi connectivity index (χ4n) is 2.27. The summed E-state index contributed by atoms with van der Waals surface area (Å²) in [5, 5.41) is 3.59. The molecule has 1 heterocycles. The molecule has 1 unspecified atom stereocenters. The van der Waals surface area contributed by atoms with Crippen molar-refractivity contribution in [2.45, 2.75) is 13.3 Å². The minimum absolute atomic E-state index is 0.104. The van der Waals surface area contributed by atoms with Crippen LogP contribution in [0.4, 0.5) is 5.69 Å². The fraction of sp³-hybridized carbons (Fsp3) is 0.312. The lowest BCUT2D eigenvalue weighted by Crippen LogP contribution is -2.23. The second-order valence-corrected chi connectivity index (χ2v) is 7.36. The van der Waals surface area contributed by atoms with E-state index in [0.29, 0.717) is 11.3 Å². The van der Waals surface area contributed by atoms with E-state index in [-0.39, 0.29) is 18.0 Å². The number of ether oxygens (including phenoxy) is 1. The molecule has 1 aromatic rings. The molecule has 1 aliphatic rings. The molecular formula is C16H17NO6S. The van der Waals surface area contributed by atoms with Gasteiger partial charge in [-0.3, -0.25) is 14.4 Å². The quantitative estimate of drug-likeness (QED) is 0.612. The summed E-state index contributed by atoms with van der Waals surface area (Å²) in [6.45, 7) is 0.877. The van der Waals surface area contributed by atoms with Crippen LogP contribution in [-0.2, 0) is 24.2 Å². The van der Waals surface area contributed by atoms with E-state index < -0.39 is 34.2 Å². The van der Waals surface area contributed by atoms with Crippen molar-refractivity contribution < 1.29 is 27.5 Å². The highest BCUT2D eigenvalue weighted by Gasteiger charge is 2.24. The lowest BCUT2D eigenvalue weighted by molar-refractivity contribution is -0.147. The van der Waals surface area contributed by atoms with Gasteiger partial charge in [0.2, 0.25) is 0 Å². The van der Waals surface area contributed by atoms with Crippen molar-refractivity contribution in [2.24, 2.45) is 5.92 Å². The number of benzene rings is 1. The first-order chi connectivity index (χ1) is 11.3. The molecule has 0 bridgehead atoms. The van der Waals surface area contributed by atoms with Gasteiger partial charge >= 0.3 is 5.97 Å². The summed E-state index contributed by atoms with van der Waals surface area (Å²) in [6, 6.07) is 6.50. The van der Waals surface area contributed by atoms with Crippen molar-refractivity contribution in [3.63, 3.8) is 0 Å². The number of anilines is 1. The molecule has 0 fully saturated rings. The molecule has 0 aromatic heterocycles. The Bertz CT molecular complexity index is 797. The largest absolute Gasteiger partial charge is 0.456 e. The second-order valence-electron chi connectivity index (χ2n) is 5.43. The highest BCUT2D eigenvalue weighted by molar-refractivity contribution is 7.94. The zero-order valence-corrected chi connectivity index (χ0v) is 13.8. The van der Waals surface area contributed by atoms with Gasteiger partial charge in [0.15, 0.2) is 22.2 Å². The van der Waals surface area contributed by atoms with Gasteiger partial charge < -0.3 is 10.1 Å². The maximum atomic E-state index is 11.8. The third-order valence-corrected chi connectivity index (χ3v) is 4.84. The van der Waals surface area contributed by atoms with Crippen LogP contribution < -0.4 is 5.32 Å². The summed E-state index contributed by atoms with van der Waals surface area (Å²) in [5.41, 5.74) is 0.703. The molecule has 128 valence electrons. The monoisotopic (exact) mass is 351 g/mol. The van der Waals surface area contributed by atoms with Gasteiger partial charge in [0.1, 0.15) is 0 Å². The molecule has 8 heteroatoms. The topological polar surface area (TPSA) is 107 Å². The van der Waals surface area contributed by atoms with E-state index in [2.05, 4.69) is 5.32 Å². The predicted molar refractivity (Wildman–Crippen MR) is 87.1 cm³/mol. The van der Waals surface area contributed by atoms with Crippen molar-refractivity contribution in [2.75, 3.05) is 17.7 Å². The number of carbonyl (C=O) groups is 3. The number of carbonyl (C=O) groups excluding carboxylic acids is 3. The fourth-order valence-corrected chi connectivity index (χ4v) is 3.67. The normalized spacial score (nSPS) is 18.1. The van der Waals surface area contributed by atoms with Crippen molar-refractivity contribution in [1.29, 1.82) is 0 Å². The molecule has 1 aliphatic heterocycles. The van der Waals surface area contributed by atoms with Crippen LogP contribution in [-0.4, -0.2) is 38.4 Å². The van der Waals surface area contributed by atoms with Gasteiger partial charge in [-0.25, -0.2) is 8.42 Å². The molecule has 1 amide bonds. The lowest BCUT2D eigenvalue weighted by atomic mass is 10.1. The minimum Gasteiger partial charge on any atom is -0.456 e. The predicted octanol–water partition coefficient (Wildman–Crippen LogP) is 1.32. The number of para-hydroxylation sites is 1. The number of Topliss-reactive ketones (excluding diaryl/α,β-unsaturated/α-hetero) is 1. The van der Waals surface area contributed by atoms with Gasteiger partial charge in [-0.2, -0.15) is 0 Å². The van der Waals surface area contributed by atoms with E-state index in [0.717, 1.165) is 5.41 Å². The third kappa shape index (κ3) is 5.02. The van der Waals surface area contributed by atoms with E-state index in [1.54, 1.807) is 24.3 Å². The van der Waals surface area contributed by atoms with Crippen molar-refractivity contribution in [3.8, 4) is 0 Å². The standard InChI is InChI=1S/C16H17NO6S/c1-11(18)13-4-2-3-5-14(13)17-15(19)9-23-16(20)8-12-6-7-24(21,22)10-12/h2-7,12H,8-10H2,1H3,(H,17,19). The number of nitrogens with one attached hydrogen (secondary N) is 1. The number of hydrogen-bond donors (Lipinski definition) is 1. The molecule has 0 radical (unpaired) electrons. The molecule has 1 N–H and O–H groups in total. The van der Waals surface area contributed by atoms with E-state index in [1.165, 1.54) is 13.0 Å². The van der Waals surface area contributed by atoms with Gasteiger partial charge in [0, 0.05) is 16.9 Å². The van der Waals surface area contributed by atoms with Crippen LogP contribution in [0.5, 0.6) is 0 Å². The molecule has 0 saturated carbocycles. The average Bonchev–Trinajstić information content (AvgIpc) is 2.84. The number of hydrogen-bond acceptors (Lipinski definition) is 6. The first-order valence-corrected chi connectivity index (χ1v) is 8.95. The number of allylic oxidation sites excluding steroid dienone is 1. The number of esters is 1. The van der Waals surface area contributed by atoms with Crippen LogP contribution in [0.25, 0.3) is 0 Å². The Balaban J connectivity index is 1.82. The first-order valence-electron chi connectivity index (χ1n) is 7.23. The first kappa shape index (κ1) is 17.9. The molecule has 0 spiro atoms. The second kappa shape index (κ2) is 7.39. The molecular weight excluding hydrogens is 334 g/mol. The maximum Gasteiger partial charge on any atom is 0.306 e. The number of amides is 1. The summed E-state index contributed by atoms with van der Waals surface area (Å²) >= 11 is 0. The van der Waals surface area contributed by atoms with E-state index in [4.69, 9.17) is 4.74 Å². The number of rotatable bonds is 6. The molecule has 0 saturated heterocycles. The Kier molecular flexibility index (Phi) is 5.50. The maximum absolute atomic E-state index is 11.8. The Labute approximate surface area is 139 Å². The van der Waals surface area contributed by atoms with Gasteiger partial charge in [-0.05, 0) is 19.1 Å². The number of sulfone groups is 1. The smallest absolute Gasteiger partial charge is 0.306 e. The van der Waals surface area contributed by atoms with Crippen molar-refractivity contribution >= 4 is 33.2 Å². The van der Waals surface area contributed by atoms with Gasteiger partial charge in [-0.1, -0.05) is 18.2 Å². The van der Waals surface area contributed by atoms with Crippen LogP contribution in [0, 0.1) is 5.92 Å². The van der Waals surface area contributed by atoms with E-state index >= 15 is 0 Å². The average molecular weight is 351 g/mol. The SMILES string of the molecule is CC(=O)c1ccccc1NC(=O)COC(=O)CC1C=CS(=O)(=O)C1. The Hall–Kier alpha value is -2.48. The zero-order valence-electron chi connectivity index (χ0n) is 13.0. The van der Waals surface area contributed by atoms with Crippen molar-refractivity contribution in [3.05, 3.63) is 41.3 Å². The van der Waals surface area contributed by atoms with Gasteiger partial charge in [0.25, 0.3) is 5.91 Å². The lowest BCUT2D eigenvalue weighted by Gasteiger charge is -2.10. The molecule has 1 aromatic carbocycles. The summed E-state index contributed by atoms with van der Waals surface area (Å²) in [4.78, 5) is 34.9. The molecule has 24 heavy (non-hydrogen) atoms. The molecule has 7 nitrogen and oxygen atoms in total. The Morgan fingerprint density at radius 1 is 1.25 bits per heavy atom. The van der Waals surface area contributed by atoms with Crippen LogP contribution in [0.1, 0.15) is 23.7 Å². The summed E-state index contributed by atoms with van der Waals surface area (Å²) in [6.07, 6.45) is 1.34. The van der Waals surface area contributed by atoms with Crippen LogP contribution in [0.2, 0.25) is 0 Å². The number of ketones is 1. The van der Waals surface area contributed by atoms with Gasteiger partial charge in [0.05, 0.1) is 17.9 Å². The Morgan fingerprint density at radius 3 is 2.58 bits per heavy atom. The van der Waals surface area contributed by atoms with Gasteiger partial charge in [-0.15, -0.1) is 0 Å². The van der Waals surface area contributed by atoms with E-state index in [9.17, 15) is 22.8 Å². The zero-order chi connectivity index (χ0) is 17.7. The highest BCUT2D eigenvalue weighted by atomic mass is 32.2. The minimum atomic E-state index is -3.23. The third-order valence-electron chi connectivity index (χ3n) is 3.38. The molecule has 0 aliphatic carbocycles.